The standard InChI is InChI=1S/C27H29NOS2/c1-3-19-10-14-25(29)26(31-27(19)30)16-18-9-13-24-22(15-18)21-5-4-6-23(21)28(24)20-11-7-17(2)8-12-20/h7-9,11-13,15-16,19,21,23H,3-6,10,14H2,1-2H3. The van der Waals surface area contributed by atoms with Crippen LogP contribution in [-0.4, -0.2) is 16.0 Å². The van der Waals surface area contributed by atoms with E-state index in [0.29, 0.717) is 24.3 Å². The number of carbonyl (C=O) groups is 1. The molecule has 0 N–H and O–H groups in total. The van der Waals surface area contributed by atoms with E-state index in [4.69, 9.17) is 12.2 Å². The van der Waals surface area contributed by atoms with Crippen molar-refractivity contribution in [3.05, 3.63) is 64.1 Å². The number of carbonyl (C=O) groups excluding carboxylic acids is 1. The maximum atomic E-state index is 12.7. The number of hydrogen-bond acceptors (Lipinski definition) is 4. The average Bonchev–Trinajstić information content (AvgIpc) is 3.31. The Labute approximate surface area is 195 Å². The second-order valence-electron chi connectivity index (χ2n) is 9.13. The Morgan fingerprint density at radius 3 is 2.71 bits per heavy atom. The molecule has 5 rings (SSSR count). The number of thiocarbonyl (C=S) groups is 1. The molecular weight excluding hydrogens is 418 g/mol. The molecule has 0 radical (unpaired) electrons. The lowest BCUT2D eigenvalue weighted by atomic mass is 9.95. The molecule has 1 saturated carbocycles. The summed E-state index contributed by atoms with van der Waals surface area (Å²) in [5, 5.41) is 0. The van der Waals surface area contributed by atoms with Gasteiger partial charge >= 0.3 is 0 Å². The van der Waals surface area contributed by atoms with Gasteiger partial charge in [0.25, 0.3) is 0 Å². The third-order valence-corrected chi connectivity index (χ3v) is 8.85. The Bertz CT molecular complexity index is 1060. The van der Waals surface area contributed by atoms with E-state index in [2.05, 4.69) is 67.3 Å². The summed E-state index contributed by atoms with van der Waals surface area (Å²) >= 11 is 7.17. The van der Waals surface area contributed by atoms with Crippen LogP contribution in [0.15, 0.2) is 47.4 Å². The number of benzene rings is 2. The first-order valence-corrected chi connectivity index (χ1v) is 12.7. The smallest absolute Gasteiger partial charge is 0.169 e. The lowest BCUT2D eigenvalue weighted by Crippen LogP contribution is -2.26. The van der Waals surface area contributed by atoms with E-state index in [9.17, 15) is 4.79 Å². The molecule has 3 atom stereocenters. The van der Waals surface area contributed by atoms with Crippen LogP contribution in [0, 0.1) is 12.8 Å². The van der Waals surface area contributed by atoms with Crippen molar-refractivity contribution < 1.29 is 4.79 Å². The van der Waals surface area contributed by atoms with Gasteiger partial charge in [0.15, 0.2) is 5.78 Å². The van der Waals surface area contributed by atoms with Crippen molar-refractivity contribution in [3.8, 4) is 0 Å². The molecule has 0 amide bonds. The zero-order valence-corrected chi connectivity index (χ0v) is 19.9. The summed E-state index contributed by atoms with van der Waals surface area (Å²) in [6.07, 6.45) is 8.36. The molecule has 4 heteroatoms. The summed E-state index contributed by atoms with van der Waals surface area (Å²) in [5.41, 5.74) is 6.49. The van der Waals surface area contributed by atoms with Gasteiger partial charge < -0.3 is 4.90 Å². The number of hydrogen-bond donors (Lipinski definition) is 0. The first-order valence-electron chi connectivity index (χ1n) is 11.5. The van der Waals surface area contributed by atoms with Crippen molar-refractivity contribution in [1.29, 1.82) is 0 Å². The zero-order chi connectivity index (χ0) is 21.5. The van der Waals surface area contributed by atoms with Crippen LogP contribution in [0.2, 0.25) is 0 Å². The number of anilines is 2. The highest BCUT2D eigenvalue weighted by molar-refractivity contribution is 8.26. The maximum absolute atomic E-state index is 12.7. The van der Waals surface area contributed by atoms with Crippen LogP contribution < -0.4 is 4.90 Å². The fourth-order valence-corrected chi connectivity index (χ4v) is 7.07. The van der Waals surface area contributed by atoms with Gasteiger partial charge in [0.1, 0.15) is 0 Å². The van der Waals surface area contributed by atoms with E-state index in [-0.39, 0.29) is 5.78 Å². The molecule has 0 aromatic heterocycles. The summed E-state index contributed by atoms with van der Waals surface area (Å²) in [7, 11) is 0. The third kappa shape index (κ3) is 3.89. The predicted octanol–water partition coefficient (Wildman–Crippen LogP) is 7.57. The number of fused-ring (bicyclic) bond motifs is 3. The third-order valence-electron chi connectivity index (χ3n) is 7.16. The molecule has 3 aliphatic rings. The number of aryl methyl sites for hydroxylation is 1. The van der Waals surface area contributed by atoms with Crippen molar-refractivity contribution in [1.82, 2.24) is 0 Å². The minimum atomic E-state index is 0.240. The van der Waals surface area contributed by atoms with Crippen molar-refractivity contribution in [2.24, 2.45) is 5.92 Å². The second-order valence-corrected chi connectivity index (χ2v) is 10.9. The number of thioether (sulfide) groups is 1. The Morgan fingerprint density at radius 2 is 1.94 bits per heavy atom. The van der Waals surface area contributed by atoms with Gasteiger partial charge in [-0.1, -0.05) is 61.1 Å². The van der Waals surface area contributed by atoms with Crippen molar-refractivity contribution in [3.63, 3.8) is 0 Å². The molecule has 160 valence electrons. The van der Waals surface area contributed by atoms with E-state index in [1.165, 1.54) is 53.5 Å². The number of rotatable bonds is 3. The summed E-state index contributed by atoms with van der Waals surface area (Å²) in [6, 6.07) is 16.2. The average molecular weight is 448 g/mol. The highest BCUT2D eigenvalue weighted by atomic mass is 32.2. The van der Waals surface area contributed by atoms with Crippen LogP contribution in [0.4, 0.5) is 11.4 Å². The monoisotopic (exact) mass is 447 g/mol. The molecular formula is C27H29NOS2. The van der Waals surface area contributed by atoms with Crippen molar-refractivity contribution in [2.45, 2.75) is 64.3 Å². The lowest BCUT2D eigenvalue weighted by molar-refractivity contribution is -0.115. The van der Waals surface area contributed by atoms with Gasteiger partial charge in [0, 0.05) is 35.7 Å². The number of allylic oxidation sites excluding steroid dienone is 1. The Hall–Kier alpha value is -1.91. The van der Waals surface area contributed by atoms with E-state index < -0.39 is 0 Å². The van der Waals surface area contributed by atoms with Crippen molar-refractivity contribution in [2.75, 3.05) is 4.90 Å². The quantitative estimate of drug-likeness (QED) is 0.357. The fraction of sp³-hybridized carbons (Fsp3) is 0.407. The molecule has 1 aliphatic carbocycles. The summed E-state index contributed by atoms with van der Waals surface area (Å²) in [4.78, 5) is 16.1. The molecule has 31 heavy (non-hydrogen) atoms. The molecule has 2 fully saturated rings. The van der Waals surface area contributed by atoms with Crippen LogP contribution in [0.3, 0.4) is 0 Å². The van der Waals surface area contributed by atoms with E-state index >= 15 is 0 Å². The maximum Gasteiger partial charge on any atom is 0.169 e. The molecule has 0 bridgehead atoms. The van der Waals surface area contributed by atoms with Crippen LogP contribution in [0.1, 0.15) is 68.1 Å². The van der Waals surface area contributed by atoms with Crippen molar-refractivity contribution >= 4 is 51.4 Å². The fourth-order valence-electron chi connectivity index (χ4n) is 5.43. The Kier molecular flexibility index (Phi) is 5.78. The molecule has 3 unspecified atom stereocenters. The Balaban J connectivity index is 1.50. The minimum absolute atomic E-state index is 0.240. The van der Waals surface area contributed by atoms with E-state index in [0.717, 1.165) is 27.5 Å². The normalized spacial score (nSPS) is 26.8. The molecule has 2 aliphatic heterocycles. The number of Topliss-reactive ketones (excluding diaryl/α,β-unsaturated/α-hetero) is 1. The molecule has 1 saturated heterocycles. The molecule has 0 spiro atoms. The van der Waals surface area contributed by atoms with Gasteiger partial charge in [-0.05, 0) is 74.1 Å². The molecule has 2 aromatic carbocycles. The van der Waals surface area contributed by atoms with Gasteiger partial charge in [0.05, 0.1) is 9.10 Å². The topological polar surface area (TPSA) is 20.3 Å². The minimum Gasteiger partial charge on any atom is -0.338 e. The van der Waals surface area contributed by atoms with Crippen LogP contribution in [-0.2, 0) is 4.79 Å². The molecule has 2 heterocycles. The van der Waals surface area contributed by atoms with Gasteiger partial charge in [-0.3, -0.25) is 4.79 Å². The van der Waals surface area contributed by atoms with Crippen LogP contribution in [0.25, 0.3) is 6.08 Å². The summed E-state index contributed by atoms with van der Waals surface area (Å²) in [6.45, 7) is 4.30. The zero-order valence-electron chi connectivity index (χ0n) is 18.3. The van der Waals surface area contributed by atoms with Gasteiger partial charge in [-0.15, -0.1) is 0 Å². The summed E-state index contributed by atoms with van der Waals surface area (Å²) in [5.74, 6) is 1.19. The van der Waals surface area contributed by atoms with Crippen LogP contribution >= 0.6 is 24.0 Å². The summed E-state index contributed by atoms with van der Waals surface area (Å²) < 4.78 is 0.974. The van der Waals surface area contributed by atoms with E-state index in [1.807, 2.05) is 0 Å². The van der Waals surface area contributed by atoms with Crippen LogP contribution in [0.5, 0.6) is 0 Å². The highest BCUT2D eigenvalue weighted by Crippen LogP contribution is 2.52. The second kappa shape index (κ2) is 8.55. The number of ketones is 1. The first-order chi connectivity index (χ1) is 15.0. The number of nitrogens with zero attached hydrogens (tertiary/aromatic N) is 1. The first kappa shape index (κ1) is 21.0. The predicted molar refractivity (Wildman–Crippen MR) is 136 cm³/mol. The molecule has 2 nitrogen and oxygen atoms in total. The highest BCUT2D eigenvalue weighted by Gasteiger charge is 2.42. The SMILES string of the molecule is CCC1CCC(=O)C(=Cc2ccc3c(c2)C2CCCC2N3c2ccc(C)cc2)SC1=S. The van der Waals surface area contributed by atoms with Gasteiger partial charge in [-0.2, -0.15) is 0 Å². The lowest BCUT2D eigenvalue weighted by Gasteiger charge is -2.27. The molecule has 2 aromatic rings. The Morgan fingerprint density at radius 1 is 1.13 bits per heavy atom. The van der Waals surface area contributed by atoms with E-state index in [1.54, 1.807) is 0 Å². The van der Waals surface area contributed by atoms with Gasteiger partial charge in [0.2, 0.25) is 0 Å². The van der Waals surface area contributed by atoms with Gasteiger partial charge in [-0.25, -0.2) is 0 Å². The largest absolute Gasteiger partial charge is 0.338 e.